The van der Waals surface area contributed by atoms with E-state index in [9.17, 15) is 4.79 Å². The molecule has 1 N–H and O–H groups in total. The van der Waals surface area contributed by atoms with Gasteiger partial charge in [0, 0.05) is 18.0 Å². The molecule has 1 amide bonds. The number of carbonyl (C=O) groups excluding carboxylic acids is 1. The number of imidazole rings is 1. The summed E-state index contributed by atoms with van der Waals surface area (Å²) in [6.45, 7) is 5.83. The molecule has 2 heterocycles. The molecule has 0 aliphatic heterocycles. The van der Waals surface area contributed by atoms with Crippen molar-refractivity contribution in [3.63, 3.8) is 0 Å². The highest BCUT2D eigenvalue weighted by Crippen LogP contribution is 2.19. The van der Waals surface area contributed by atoms with Crippen molar-refractivity contribution in [1.29, 1.82) is 0 Å². The van der Waals surface area contributed by atoms with E-state index in [0.29, 0.717) is 0 Å². The van der Waals surface area contributed by atoms with Gasteiger partial charge in [0.05, 0.1) is 11.4 Å². The van der Waals surface area contributed by atoms with E-state index in [-0.39, 0.29) is 5.91 Å². The maximum Gasteiger partial charge on any atom is 0.256 e. The molecule has 0 fully saturated rings. The van der Waals surface area contributed by atoms with Crippen molar-refractivity contribution in [1.82, 2.24) is 9.38 Å². The number of nitrogens with zero attached hydrogens (tertiary/aromatic N) is 2. The van der Waals surface area contributed by atoms with E-state index < -0.39 is 0 Å². The van der Waals surface area contributed by atoms with Gasteiger partial charge in [-0.1, -0.05) is 18.2 Å². The van der Waals surface area contributed by atoms with Crippen LogP contribution in [0.2, 0.25) is 0 Å². The number of pyridine rings is 1. The van der Waals surface area contributed by atoms with Gasteiger partial charge in [-0.25, -0.2) is 4.98 Å². The molecule has 3 rings (SSSR count). The number of amides is 1. The van der Waals surface area contributed by atoms with Crippen LogP contribution in [0.1, 0.15) is 27.2 Å². The molecule has 0 atom stereocenters. The predicted molar refractivity (Wildman–Crippen MR) is 83.8 cm³/mol. The Morgan fingerprint density at radius 1 is 1.10 bits per heavy atom. The number of hydrogen-bond donors (Lipinski definition) is 1. The first-order chi connectivity index (χ1) is 10.1. The van der Waals surface area contributed by atoms with Gasteiger partial charge in [0.15, 0.2) is 5.65 Å². The van der Waals surface area contributed by atoms with E-state index in [1.165, 1.54) is 0 Å². The number of hydrogen-bond acceptors (Lipinski definition) is 2. The van der Waals surface area contributed by atoms with E-state index in [4.69, 9.17) is 0 Å². The van der Waals surface area contributed by atoms with Crippen molar-refractivity contribution in [3.8, 4) is 0 Å². The zero-order chi connectivity index (χ0) is 15.0. The van der Waals surface area contributed by atoms with Crippen LogP contribution in [0.25, 0.3) is 5.65 Å². The Kier molecular flexibility index (Phi) is 3.22. The molecule has 4 nitrogen and oxygen atoms in total. The fraction of sp³-hybridized carbons (Fsp3) is 0.176. The first kappa shape index (κ1) is 13.4. The maximum absolute atomic E-state index is 12.6. The molecule has 2 aromatic heterocycles. The Hall–Kier alpha value is -2.62. The number of rotatable bonds is 2. The van der Waals surface area contributed by atoms with Crippen LogP contribution in [-0.4, -0.2) is 15.3 Å². The van der Waals surface area contributed by atoms with Crippen molar-refractivity contribution in [3.05, 3.63) is 65.1 Å². The smallest absolute Gasteiger partial charge is 0.256 e. The number of nitrogens with one attached hydrogen (secondary N) is 1. The third-order valence-electron chi connectivity index (χ3n) is 3.56. The fourth-order valence-electron chi connectivity index (χ4n) is 2.59. The van der Waals surface area contributed by atoms with Gasteiger partial charge in [-0.2, -0.15) is 0 Å². The van der Waals surface area contributed by atoms with Crippen molar-refractivity contribution in [2.24, 2.45) is 0 Å². The topological polar surface area (TPSA) is 46.4 Å². The molecular weight excluding hydrogens is 262 g/mol. The molecule has 1 aromatic carbocycles. The lowest BCUT2D eigenvalue weighted by atomic mass is 10.0. The molecule has 0 spiro atoms. The number of aryl methyl sites for hydroxylation is 3. The Labute approximate surface area is 123 Å². The third-order valence-corrected chi connectivity index (χ3v) is 3.56. The average molecular weight is 279 g/mol. The predicted octanol–water partition coefficient (Wildman–Crippen LogP) is 3.51. The lowest BCUT2D eigenvalue weighted by Crippen LogP contribution is -2.15. The largest absolute Gasteiger partial charge is 0.319 e. The summed E-state index contributed by atoms with van der Waals surface area (Å²) in [6.07, 6.45) is 3.86. The van der Waals surface area contributed by atoms with Crippen LogP contribution in [0.4, 0.5) is 5.69 Å². The van der Waals surface area contributed by atoms with Crippen LogP contribution >= 0.6 is 0 Å². The summed E-state index contributed by atoms with van der Waals surface area (Å²) in [4.78, 5) is 17.0. The Bertz CT molecular complexity index is 813. The minimum atomic E-state index is -0.0978. The van der Waals surface area contributed by atoms with Gasteiger partial charge in [0.25, 0.3) is 5.91 Å². The molecule has 0 radical (unpaired) electrons. The Balaban J connectivity index is 2.00. The summed E-state index contributed by atoms with van der Waals surface area (Å²) in [5.74, 6) is -0.0978. The lowest BCUT2D eigenvalue weighted by Gasteiger charge is -2.11. The fourth-order valence-corrected chi connectivity index (χ4v) is 2.59. The second-order valence-electron chi connectivity index (χ2n) is 5.26. The Morgan fingerprint density at radius 3 is 2.52 bits per heavy atom. The van der Waals surface area contributed by atoms with Crippen LogP contribution < -0.4 is 5.32 Å². The van der Waals surface area contributed by atoms with E-state index in [1.807, 2.05) is 67.9 Å². The highest BCUT2D eigenvalue weighted by atomic mass is 16.1. The second kappa shape index (κ2) is 5.05. The number of fused-ring (bicyclic) bond motifs is 1. The van der Waals surface area contributed by atoms with Crippen LogP contribution in [-0.2, 0) is 0 Å². The number of anilines is 1. The summed E-state index contributed by atoms with van der Waals surface area (Å²) < 4.78 is 1.91. The van der Waals surface area contributed by atoms with Gasteiger partial charge in [-0.3, -0.25) is 4.79 Å². The molecule has 0 saturated carbocycles. The van der Waals surface area contributed by atoms with Crippen LogP contribution in [0.5, 0.6) is 0 Å². The molecule has 0 saturated heterocycles. The summed E-state index contributed by atoms with van der Waals surface area (Å²) in [6, 6.07) is 9.62. The molecule has 106 valence electrons. The van der Waals surface area contributed by atoms with E-state index in [2.05, 4.69) is 10.3 Å². The van der Waals surface area contributed by atoms with Gasteiger partial charge in [0.2, 0.25) is 0 Å². The van der Waals surface area contributed by atoms with E-state index in [0.717, 1.165) is 33.7 Å². The standard InChI is InChI=1S/C17H17N3O/c1-11-6-4-7-12(2)15(11)17(21)19-14-8-5-9-20-10-13(3)18-16(14)20/h4-10H,1-3H3,(H,19,21). The average Bonchev–Trinajstić information content (AvgIpc) is 2.80. The summed E-state index contributed by atoms with van der Waals surface area (Å²) in [5, 5.41) is 2.97. The number of aromatic nitrogens is 2. The zero-order valence-corrected chi connectivity index (χ0v) is 12.3. The minimum Gasteiger partial charge on any atom is -0.319 e. The molecule has 21 heavy (non-hydrogen) atoms. The Morgan fingerprint density at radius 2 is 1.81 bits per heavy atom. The summed E-state index contributed by atoms with van der Waals surface area (Å²) >= 11 is 0. The van der Waals surface area contributed by atoms with Gasteiger partial charge < -0.3 is 9.72 Å². The summed E-state index contributed by atoms with van der Waals surface area (Å²) in [7, 11) is 0. The molecule has 0 aliphatic carbocycles. The van der Waals surface area contributed by atoms with Crippen molar-refractivity contribution in [2.45, 2.75) is 20.8 Å². The monoisotopic (exact) mass is 279 g/mol. The van der Waals surface area contributed by atoms with Crippen LogP contribution in [0.15, 0.2) is 42.7 Å². The van der Waals surface area contributed by atoms with Crippen molar-refractivity contribution < 1.29 is 4.79 Å². The third kappa shape index (κ3) is 2.40. The zero-order valence-electron chi connectivity index (χ0n) is 12.3. The lowest BCUT2D eigenvalue weighted by molar-refractivity contribution is 0.102. The highest BCUT2D eigenvalue weighted by molar-refractivity contribution is 6.07. The van der Waals surface area contributed by atoms with Crippen LogP contribution in [0.3, 0.4) is 0 Å². The van der Waals surface area contributed by atoms with Crippen molar-refractivity contribution in [2.75, 3.05) is 5.32 Å². The SMILES string of the molecule is Cc1cn2cccc(NC(=O)c3c(C)cccc3C)c2n1. The van der Waals surface area contributed by atoms with Gasteiger partial charge in [-0.05, 0) is 44.0 Å². The first-order valence-electron chi connectivity index (χ1n) is 6.88. The maximum atomic E-state index is 12.6. The summed E-state index contributed by atoms with van der Waals surface area (Å²) in [5.41, 5.74) is 5.07. The normalized spacial score (nSPS) is 10.8. The van der Waals surface area contributed by atoms with E-state index >= 15 is 0 Å². The number of benzene rings is 1. The van der Waals surface area contributed by atoms with Gasteiger partial charge in [-0.15, -0.1) is 0 Å². The molecule has 0 unspecified atom stereocenters. The molecule has 0 aliphatic rings. The quantitative estimate of drug-likeness (QED) is 0.780. The van der Waals surface area contributed by atoms with Gasteiger partial charge >= 0.3 is 0 Å². The number of carbonyl (C=O) groups is 1. The van der Waals surface area contributed by atoms with Crippen molar-refractivity contribution >= 4 is 17.2 Å². The molecular formula is C17H17N3O. The molecule has 0 bridgehead atoms. The molecule has 4 heteroatoms. The van der Waals surface area contributed by atoms with Gasteiger partial charge in [0.1, 0.15) is 0 Å². The highest BCUT2D eigenvalue weighted by Gasteiger charge is 2.14. The first-order valence-corrected chi connectivity index (χ1v) is 6.88. The molecule has 3 aromatic rings. The van der Waals surface area contributed by atoms with Crippen LogP contribution in [0, 0.1) is 20.8 Å². The minimum absolute atomic E-state index is 0.0978. The van der Waals surface area contributed by atoms with E-state index in [1.54, 1.807) is 0 Å². The second-order valence-corrected chi connectivity index (χ2v) is 5.26.